The number of rotatable bonds is 2. The third-order valence-electron chi connectivity index (χ3n) is 3.41. The molecule has 1 aliphatic rings. The summed E-state index contributed by atoms with van der Waals surface area (Å²) in [5.41, 5.74) is 2.83. The summed E-state index contributed by atoms with van der Waals surface area (Å²) in [6, 6.07) is 8.99. The lowest BCUT2D eigenvalue weighted by Gasteiger charge is -2.34. The molecule has 0 amide bonds. The third kappa shape index (κ3) is 4.02. The number of hydrogen-bond acceptors (Lipinski definition) is 2. The van der Waals surface area contributed by atoms with Crippen LogP contribution >= 0.6 is 0 Å². The van der Waals surface area contributed by atoms with Crippen LogP contribution in [0.4, 0.5) is 5.69 Å². The summed E-state index contributed by atoms with van der Waals surface area (Å²) in [6.07, 6.45) is 0. The van der Waals surface area contributed by atoms with E-state index in [9.17, 15) is 0 Å². The highest BCUT2D eigenvalue weighted by Crippen LogP contribution is 2.22. The van der Waals surface area contributed by atoms with Crippen molar-refractivity contribution in [3.63, 3.8) is 0 Å². The molecule has 1 aliphatic heterocycles. The second-order valence-corrected chi connectivity index (χ2v) is 5.04. The first-order chi connectivity index (χ1) is 8.66. The number of hydrogen-bond donors (Lipinski definition) is 0. The molecule has 0 bridgehead atoms. The highest BCUT2D eigenvalue weighted by Gasteiger charge is 2.14. The van der Waals surface area contributed by atoms with Crippen molar-refractivity contribution >= 4 is 5.69 Å². The van der Waals surface area contributed by atoms with Crippen molar-refractivity contribution < 1.29 is 0 Å². The van der Waals surface area contributed by atoms with Crippen LogP contribution in [-0.4, -0.2) is 38.1 Å². The Hall–Kier alpha value is -1.02. The minimum atomic E-state index is 0.618. The molecule has 1 aromatic rings. The topological polar surface area (TPSA) is 6.48 Å². The van der Waals surface area contributed by atoms with Gasteiger partial charge in [0.2, 0.25) is 0 Å². The molecule has 0 unspecified atom stereocenters. The highest BCUT2D eigenvalue weighted by molar-refractivity contribution is 5.49. The van der Waals surface area contributed by atoms with Crippen LogP contribution in [-0.2, 0) is 0 Å². The van der Waals surface area contributed by atoms with Gasteiger partial charge >= 0.3 is 0 Å². The number of anilines is 1. The first-order valence-electron chi connectivity index (χ1n) is 7.20. The Morgan fingerprint density at radius 1 is 1.00 bits per heavy atom. The average Bonchev–Trinajstić information content (AvgIpc) is 2.42. The van der Waals surface area contributed by atoms with Gasteiger partial charge < -0.3 is 9.80 Å². The summed E-state index contributed by atoms with van der Waals surface area (Å²) in [7, 11) is 2.20. The minimum absolute atomic E-state index is 0.618. The molecule has 0 aromatic heterocycles. The smallest absolute Gasteiger partial charge is 0.0369 e. The molecule has 0 radical (unpaired) electrons. The quantitative estimate of drug-likeness (QED) is 0.789. The van der Waals surface area contributed by atoms with Gasteiger partial charge in [0.15, 0.2) is 0 Å². The summed E-state index contributed by atoms with van der Waals surface area (Å²) < 4.78 is 0. The standard InChI is InChI=1S/C14H22N2.C2H6/c1-12(2)13-5-4-6-14(11-13)16-9-7-15(3)8-10-16;1-2/h4-6,11-12H,7-10H2,1-3H3;1-2H3. The van der Waals surface area contributed by atoms with Gasteiger partial charge in [0.25, 0.3) is 0 Å². The molecule has 0 saturated carbocycles. The lowest BCUT2D eigenvalue weighted by atomic mass is 10.0. The van der Waals surface area contributed by atoms with E-state index in [1.807, 2.05) is 13.8 Å². The maximum Gasteiger partial charge on any atom is 0.0369 e. The van der Waals surface area contributed by atoms with E-state index < -0.39 is 0 Å². The highest BCUT2D eigenvalue weighted by atomic mass is 15.2. The molecule has 1 heterocycles. The van der Waals surface area contributed by atoms with Crippen LogP contribution < -0.4 is 4.90 Å². The summed E-state index contributed by atoms with van der Waals surface area (Å²) in [4.78, 5) is 4.88. The number of piperazine rings is 1. The van der Waals surface area contributed by atoms with Crippen molar-refractivity contribution in [3.05, 3.63) is 29.8 Å². The van der Waals surface area contributed by atoms with Crippen molar-refractivity contribution in [1.29, 1.82) is 0 Å². The summed E-state index contributed by atoms with van der Waals surface area (Å²) in [6.45, 7) is 13.2. The third-order valence-corrected chi connectivity index (χ3v) is 3.41. The molecule has 1 saturated heterocycles. The van der Waals surface area contributed by atoms with Crippen molar-refractivity contribution in [2.45, 2.75) is 33.6 Å². The van der Waals surface area contributed by atoms with E-state index in [0.29, 0.717) is 5.92 Å². The second-order valence-electron chi connectivity index (χ2n) is 5.04. The predicted octanol–water partition coefficient (Wildman–Crippen LogP) is 3.59. The Morgan fingerprint density at radius 2 is 1.61 bits per heavy atom. The Bertz CT molecular complexity index is 339. The van der Waals surface area contributed by atoms with E-state index in [0.717, 1.165) is 13.1 Å². The molecule has 102 valence electrons. The van der Waals surface area contributed by atoms with Gasteiger partial charge in [-0.2, -0.15) is 0 Å². The molecule has 0 atom stereocenters. The van der Waals surface area contributed by atoms with Gasteiger partial charge in [-0.05, 0) is 30.7 Å². The SMILES string of the molecule is CC.CC(C)c1cccc(N2CCN(C)CC2)c1. The van der Waals surface area contributed by atoms with E-state index >= 15 is 0 Å². The fourth-order valence-electron chi connectivity index (χ4n) is 2.15. The molecule has 0 N–H and O–H groups in total. The molecular weight excluding hydrogens is 220 g/mol. The van der Waals surface area contributed by atoms with Gasteiger partial charge in [-0.1, -0.05) is 39.8 Å². The van der Waals surface area contributed by atoms with E-state index in [1.54, 1.807) is 0 Å². The maximum absolute atomic E-state index is 2.49. The first-order valence-corrected chi connectivity index (χ1v) is 7.20. The molecule has 2 rings (SSSR count). The zero-order valence-electron chi connectivity index (χ0n) is 12.6. The van der Waals surface area contributed by atoms with Crippen LogP contribution in [0.2, 0.25) is 0 Å². The van der Waals surface area contributed by atoms with Crippen LogP contribution in [0.3, 0.4) is 0 Å². The zero-order valence-corrected chi connectivity index (χ0v) is 12.6. The number of benzene rings is 1. The molecule has 0 spiro atoms. The molecule has 1 fully saturated rings. The minimum Gasteiger partial charge on any atom is -0.369 e. The van der Waals surface area contributed by atoms with Crippen molar-refractivity contribution in [2.24, 2.45) is 0 Å². The van der Waals surface area contributed by atoms with Gasteiger partial charge in [0, 0.05) is 31.9 Å². The molecular formula is C16H28N2. The van der Waals surface area contributed by atoms with Crippen LogP contribution in [0.15, 0.2) is 24.3 Å². The molecule has 2 heteroatoms. The fraction of sp³-hybridized carbons (Fsp3) is 0.625. The Labute approximate surface area is 113 Å². The monoisotopic (exact) mass is 248 g/mol. The lowest BCUT2D eigenvalue weighted by molar-refractivity contribution is 0.313. The van der Waals surface area contributed by atoms with Crippen molar-refractivity contribution in [2.75, 3.05) is 38.1 Å². The molecule has 0 aliphatic carbocycles. The number of likely N-dealkylation sites (N-methyl/N-ethyl adjacent to an activating group) is 1. The molecule has 18 heavy (non-hydrogen) atoms. The normalized spacial score (nSPS) is 16.4. The Kier molecular flexibility index (Phi) is 6.20. The molecule has 2 nitrogen and oxygen atoms in total. The van der Waals surface area contributed by atoms with Crippen LogP contribution in [0.5, 0.6) is 0 Å². The molecule has 1 aromatic carbocycles. The van der Waals surface area contributed by atoms with Crippen molar-refractivity contribution in [1.82, 2.24) is 4.90 Å². The van der Waals surface area contributed by atoms with Gasteiger partial charge in [0.1, 0.15) is 0 Å². The van der Waals surface area contributed by atoms with E-state index in [-0.39, 0.29) is 0 Å². The fourth-order valence-corrected chi connectivity index (χ4v) is 2.15. The second kappa shape index (κ2) is 7.42. The van der Waals surface area contributed by atoms with E-state index in [1.165, 1.54) is 24.3 Å². The summed E-state index contributed by atoms with van der Waals surface area (Å²) in [5, 5.41) is 0. The van der Waals surface area contributed by atoms with Gasteiger partial charge in [-0.15, -0.1) is 0 Å². The van der Waals surface area contributed by atoms with E-state index in [2.05, 4.69) is 55.0 Å². The Morgan fingerprint density at radius 3 is 2.17 bits per heavy atom. The van der Waals surface area contributed by atoms with Crippen LogP contribution in [0.1, 0.15) is 39.2 Å². The van der Waals surface area contributed by atoms with Crippen LogP contribution in [0.25, 0.3) is 0 Å². The van der Waals surface area contributed by atoms with Gasteiger partial charge in [0.05, 0.1) is 0 Å². The van der Waals surface area contributed by atoms with Crippen molar-refractivity contribution in [3.8, 4) is 0 Å². The van der Waals surface area contributed by atoms with Crippen LogP contribution in [0, 0.1) is 0 Å². The zero-order chi connectivity index (χ0) is 13.5. The average molecular weight is 248 g/mol. The number of nitrogens with zero attached hydrogens (tertiary/aromatic N) is 2. The maximum atomic E-state index is 2.49. The first kappa shape index (κ1) is 15.0. The van der Waals surface area contributed by atoms with Gasteiger partial charge in [-0.3, -0.25) is 0 Å². The summed E-state index contributed by atoms with van der Waals surface area (Å²) in [5.74, 6) is 0.618. The summed E-state index contributed by atoms with van der Waals surface area (Å²) >= 11 is 0. The van der Waals surface area contributed by atoms with Gasteiger partial charge in [-0.25, -0.2) is 0 Å². The predicted molar refractivity (Wildman–Crippen MR) is 81.6 cm³/mol. The lowest BCUT2D eigenvalue weighted by Crippen LogP contribution is -2.44. The Balaban J connectivity index is 0.000000771. The van der Waals surface area contributed by atoms with E-state index in [4.69, 9.17) is 0 Å². The largest absolute Gasteiger partial charge is 0.369 e.